The molecule has 0 saturated heterocycles. The van der Waals surface area contributed by atoms with E-state index in [2.05, 4.69) is 39.9 Å². The zero-order valence-corrected chi connectivity index (χ0v) is 22.0. The van der Waals surface area contributed by atoms with Gasteiger partial charge >= 0.3 is 6.09 Å². The van der Waals surface area contributed by atoms with E-state index in [0.29, 0.717) is 11.5 Å². The Kier molecular flexibility index (Phi) is 7.43. The maximum absolute atomic E-state index is 13.0. The molecule has 0 unspecified atom stereocenters. The van der Waals surface area contributed by atoms with Crippen molar-refractivity contribution in [2.45, 2.75) is 33.3 Å². The largest absolute Gasteiger partial charge is 0.444 e. The summed E-state index contributed by atoms with van der Waals surface area (Å²) in [6.45, 7) is 7.21. The molecular weight excluding hydrogens is 494 g/mol. The minimum absolute atomic E-state index is 0.210. The standard InChI is InChI=1S/C28H26ClN3O3S/c1-17-14-19(24-13-12-23(36-24)18-8-6-5-7-9-18)16-30-25(17)32-26(33)21-15-20(10-11-22(21)29)31-27(34)35-28(2,3)4/h5-16H,1-4H3,(H,31,34)(H,30,32,33). The van der Waals surface area contributed by atoms with Crippen molar-refractivity contribution in [2.75, 3.05) is 10.6 Å². The molecule has 184 valence electrons. The Balaban J connectivity index is 1.49. The second-order valence-corrected chi connectivity index (χ2v) is 10.7. The number of halogens is 1. The lowest BCUT2D eigenvalue weighted by Gasteiger charge is -2.20. The number of hydrogen-bond acceptors (Lipinski definition) is 5. The van der Waals surface area contributed by atoms with E-state index in [-0.39, 0.29) is 10.6 Å². The Morgan fingerprint density at radius 2 is 1.61 bits per heavy atom. The Morgan fingerprint density at radius 1 is 0.917 bits per heavy atom. The summed E-state index contributed by atoms with van der Waals surface area (Å²) in [5.74, 6) is 0.00355. The fourth-order valence-corrected chi connectivity index (χ4v) is 4.66. The van der Waals surface area contributed by atoms with Crippen molar-refractivity contribution < 1.29 is 14.3 Å². The molecule has 0 aliphatic carbocycles. The number of amides is 2. The topological polar surface area (TPSA) is 80.3 Å². The highest BCUT2D eigenvalue weighted by Crippen LogP contribution is 2.35. The summed E-state index contributed by atoms with van der Waals surface area (Å²) < 4.78 is 5.27. The molecule has 4 aromatic rings. The lowest BCUT2D eigenvalue weighted by atomic mass is 10.1. The van der Waals surface area contributed by atoms with Crippen molar-refractivity contribution in [3.63, 3.8) is 0 Å². The first-order valence-corrected chi connectivity index (χ1v) is 12.5. The highest BCUT2D eigenvalue weighted by molar-refractivity contribution is 7.18. The number of carbonyl (C=O) groups is 2. The number of aromatic nitrogens is 1. The van der Waals surface area contributed by atoms with E-state index in [1.807, 2.05) is 31.2 Å². The zero-order valence-electron chi connectivity index (χ0n) is 20.4. The Bertz CT molecular complexity index is 1410. The molecule has 0 bridgehead atoms. The molecule has 0 aliphatic heterocycles. The van der Waals surface area contributed by atoms with Crippen LogP contribution in [0.25, 0.3) is 20.9 Å². The highest BCUT2D eigenvalue weighted by Gasteiger charge is 2.18. The minimum Gasteiger partial charge on any atom is -0.444 e. The van der Waals surface area contributed by atoms with Gasteiger partial charge < -0.3 is 10.1 Å². The van der Waals surface area contributed by atoms with Gasteiger partial charge in [0.2, 0.25) is 0 Å². The number of hydrogen-bond donors (Lipinski definition) is 2. The summed E-state index contributed by atoms with van der Waals surface area (Å²) in [5.41, 5.74) is 2.92. The van der Waals surface area contributed by atoms with Crippen LogP contribution in [0.1, 0.15) is 36.7 Å². The number of anilines is 2. The number of rotatable bonds is 5. The Morgan fingerprint density at radius 3 is 2.28 bits per heavy atom. The number of ether oxygens (including phenoxy) is 1. The van der Waals surface area contributed by atoms with Crippen LogP contribution in [0.5, 0.6) is 0 Å². The molecule has 8 heteroatoms. The van der Waals surface area contributed by atoms with Gasteiger partial charge in [-0.05, 0) is 75.2 Å². The summed E-state index contributed by atoms with van der Waals surface area (Å²) in [5, 5.41) is 5.70. The smallest absolute Gasteiger partial charge is 0.412 e. The number of aryl methyl sites for hydroxylation is 1. The van der Waals surface area contributed by atoms with Crippen LogP contribution in [0.4, 0.5) is 16.3 Å². The van der Waals surface area contributed by atoms with Gasteiger partial charge in [0.05, 0.1) is 10.6 Å². The third-order valence-electron chi connectivity index (χ3n) is 5.12. The first kappa shape index (κ1) is 25.4. The first-order chi connectivity index (χ1) is 17.1. The third kappa shape index (κ3) is 6.30. The fraction of sp³-hybridized carbons (Fsp3) is 0.179. The highest BCUT2D eigenvalue weighted by atomic mass is 35.5. The first-order valence-electron chi connectivity index (χ1n) is 11.3. The van der Waals surface area contributed by atoms with Crippen LogP contribution >= 0.6 is 22.9 Å². The SMILES string of the molecule is Cc1cc(-c2ccc(-c3ccccc3)s2)cnc1NC(=O)c1cc(NC(=O)OC(C)(C)C)ccc1Cl. The van der Waals surface area contributed by atoms with Crippen LogP contribution in [0.15, 0.2) is 72.9 Å². The predicted octanol–water partition coefficient (Wildman–Crippen LogP) is 8.04. The average Bonchev–Trinajstić information content (AvgIpc) is 3.31. The molecule has 0 radical (unpaired) electrons. The average molecular weight is 520 g/mol. The summed E-state index contributed by atoms with van der Waals surface area (Å²) in [6.07, 6.45) is 1.12. The molecule has 2 heterocycles. The molecule has 2 N–H and O–H groups in total. The summed E-state index contributed by atoms with van der Waals surface area (Å²) in [6, 6.07) is 21.0. The molecule has 6 nitrogen and oxygen atoms in total. The summed E-state index contributed by atoms with van der Waals surface area (Å²) >= 11 is 7.96. The molecule has 2 aromatic heterocycles. The maximum atomic E-state index is 13.0. The molecule has 2 amide bonds. The van der Waals surface area contributed by atoms with Gasteiger partial charge in [0.1, 0.15) is 11.4 Å². The number of carbonyl (C=O) groups excluding carboxylic acids is 2. The summed E-state index contributed by atoms with van der Waals surface area (Å²) in [7, 11) is 0. The monoisotopic (exact) mass is 519 g/mol. The molecule has 0 spiro atoms. The van der Waals surface area contributed by atoms with Crippen molar-refractivity contribution in [3.8, 4) is 20.9 Å². The molecule has 0 aliphatic rings. The van der Waals surface area contributed by atoms with Crippen LogP contribution in [0, 0.1) is 6.92 Å². The molecule has 36 heavy (non-hydrogen) atoms. The van der Waals surface area contributed by atoms with Gasteiger partial charge in [-0.2, -0.15) is 0 Å². The van der Waals surface area contributed by atoms with Crippen LogP contribution < -0.4 is 10.6 Å². The lowest BCUT2D eigenvalue weighted by molar-refractivity contribution is 0.0635. The van der Waals surface area contributed by atoms with Crippen molar-refractivity contribution >= 4 is 46.4 Å². The Labute approximate surface area is 219 Å². The number of nitrogens with zero attached hydrogens (tertiary/aromatic N) is 1. The van der Waals surface area contributed by atoms with Crippen LogP contribution in [0.3, 0.4) is 0 Å². The van der Waals surface area contributed by atoms with E-state index < -0.39 is 17.6 Å². The third-order valence-corrected chi connectivity index (χ3v) is 6.63. The van der Waals surface area contributed by atoms with Crippen molar-refractivity contribution in [1.29, 1.82) is 0 Å². The van der Waals surface area contributed by atoms with E-state index >= 15 is 0 Å². The quantitative estimate of drug-likeness (QED) is 0.279. The van der Waals surface area contributed by atoms with E-state index in [4.69, 9.17) is 16.3 Å². The second-order valence-electron chi connectivity index (χ2n) is 9.20. The van der Waals surface area contributed by atoms with Gasteiger partial charge in [-0.25, -0.2) is 9.78 Å². The molecule has 2 aromatic carbocycles. The van der Waals surface area contributed by atoms with Crippen LogP contribution in [0.2, 0.25) is 5.02 Å². The van der Waals surface area contributed by atoms with E-state index in [1.165, 1.54) is 16.5 Å². The van der Waals surface area contributed by atoms with Gasteiger partial charge in [0, 0.05) is 27.2 Å². The van der Waals surface area contributed by atoms with Gasteiger partial charge in [-0.1, -0.05) is 41.9 Å². The lowest BCUT2D eigenvalue weighted by Crippen LogP contribution is -2.27. The number of pyridine rings is 1. The van der Waals surface area contributed by atoms with Crippen molar-refractivity contribution in [1.82, 2.24) is 4.98 Å². The van der Waals surface area contributed by atoms with E-state index in [0.717, 1.165) is 16.0 Å². The molecule has 0 atom stereocenters. The van der Waals surface area contributed by atoms with E-state index in [9.17, 15) is 9.59 Å². The fourth-order valence-electron chi connectivity index (χ4n) is 3.46. The molecule has 0 saturated carbocycles. The predicted molar refractivity (Wildman–Crippen MR) is 147 cm³/mol. The number of benzene rings is 2. The molecule has 0 fully saturated rings. The van der Waals surface area contributed by atoms with Crippen LogP contribution in [-0.4, -0.2) is 22.6 Å². The van der Waals surface area contributed by atoms with Crippen molar-refractivity contribution in [2.24, 2.45) is 0 Å². The van der Waals surface area contributed by atoms with Gasteiger partial charge in [-0.3, -0.25) is 10.1 Å². The van der Waals surface area contributed by atoms with Gasteiger partial charge in [-0.15, -0.1) is 11.3 Å². The molecular formula is C28H26ClN3O3S. The van der Waals surface area contributed by atoms with Gasteiger partial charge in [0.25, 0.3) is 5.91 Å². The normalized spacial score (nSPS) is 11.1. The zero-order chi connectivity index (χ0) is 25.9. The summed E-state index contributed by atoms with van der Waals surface area (Å²) in [4.78, 5) is 31.8. The number of thiophene rings is 1. The van der Waals surface area contributed by atoms with Gasteiger partial charge in [0.15, 0.2) is 0 Å². The second kappa shape index (κ2) is 10.5. The maximum Gasteiger partial charge on any atom is 0.412 e. The molecule has 4 rings (SSSR count). The Hall–Kier alpha value is -3.68. The van der Waals surface area contributed by atoms with Crippen molar-refractivity contribution in [3.05, 3.63) is 89.1 Å². The van der Waals surface area contributed by atoms with E-state index in [1.54, 1.807) is 50.4 Å². The minimum atomic E-state index is -0.641. The van der Waals surface area contributed by atoms with Crippen LogP contribution in [-0.2, 0) is 4.74 Å². The number of nitrogens with one attached hydrogen (secondary N) is 2.